The zero-order valence-corrected chi connectivity index (χ0v) is 24.8. The SMILES string of the molecule is CCOC(=O)/C(C)=C/c1ccc(C(C)(CCC(=O)C(C)(C)COCc2ccccc2)C(=O)OC(C)(C)C)cc1. The average molecular weight is 537 g/mol. The lowest BCUT2D eigenvalue weighted by atomic mass is 9.75. The highest BCUT2D eigenvalue weighted by molar-refractivity contribution is 5.93. The maximum Gasteiger partial charge on any atom is 0.333 e. The van der Waals surface area contributed by atoms with Crippen molar-refractivity contribution in [2.45, 2.75) is 85.9 Å². The molecule has 0 aliphatic carbocycles. The van der Waals surface area contributed by atoms with Crippen LogP contribution in [0.15, 0.2) is 60.2 Å². The first kappa shape index (κ1) is 32.0. The predicted molar refractivity (Wildman–Crippen MR) is 154 cm³/mol. The maximum absolute atomic E-state index is 13.5. The van der Waals surface area contributed by atoms with Gasteiger partial charge in [0, 0.05) is 17.4 Å². The van der Waals surface area contributed by atoms with Crippen molar-refractivity contribution in [3.8, 4) is 0 Å². The Labute approximate surface area is 233 Å². The van der Waals surface area contributed by atoms with E-state index in [1.165, 1.54) is 0 Å². The molecular weight excluding hydrogens is 492 g/mol. The highest BCUT2D eigenvalue weighted by atomic mass is 16.6. The van der Waals surface area contributed by atoms with Gasteiger partial charge < -0.3 is 14.2 Å². The second-order valence-corrected chi connectivity index (χ2v) is 11.8. The standard InChI is InChI=1S/C33H44O6/c1-9-38-29(35)24(2)21-25-15-17-27(18-16-25)33(8,30(36)39-31(3,4)5)20-19-28(34)32(6,7)23-37-22-26-13-11-10-12-14-26/h10-18,21H,9,19-20,22-23H2,1-8H3/b24-21+. The number of ether oxygens (including phenoxy) is 3. The molecule has 0 saturated carbocycles. The Hall–Kier alpha value is -3.25. The van der Waals surface area contributed by atoms with Crippen molar-refractivity contribution < 1.29 is 28.6 Å². The van der Waals surface area contributed by atoms with E-state index in [2.05, 4.69) is 0 Å². The molecule has 0 aliphatic rings. The van der Waals surface area contributed by atoms with Crippen molar-refractivity contribution >= 4 is 23.8 Å². The maximum atomic E-state index is 13.5. The van der Waals surface area contributed by atoms with Crippen molar-refractivity contribution in [2.24, 2.45) is 5.41 Å². The largest absolute Gasteiger partial charge is 0.463 e. The molecule has 39 heavy (non-hydrogen) atoms. The monoisotopic (exact) mass is 536 g/mol. The summed E-state index contributed by atoms with van der Waals surface area (Å²) in [5, 5.41) is 0. The van der Waals surface area contributed by atoms with Gasteiger partial charge >= 0.3 is 11.9 Å². The molecule has 1 unspecified atom stereocenters. The normalized spacial score (nSPS) is 13.9. The lowest BCUT2D eigenvalue weighted by Gasteiger charge is -2.33. The van der Waals surface area contributed by atoms with Crippen LogP contribution in [0.1, 0.15) is 84.9 Å². The summed E-state index contributed by atoms with van der Waals surface area (Å²) in [7, 11) is 0. The molecule has 6 nitrogen and oxygen atoms in total. The van der Waals surface area contributed by atoms with E-state index in [0.717, 1.165) is 16.7 Å². The predicted octanol–water partition coefficient (Wildman–Crippen LogP) is 6.84. The number of rotatable bonds is 13. The molecule has 0 saturated heterocycles. The Kier molecular flexibility index (Phi) is 11.2. The first-order chi connectivity index (χ1) is 18.2. The van der Waals surface area contributed by atoms with E-state index in [1.54, 1.807) is 19.9 Å². The topological polar surface area (TPSA) is 78.9 Å². The van der Waals surface area contributed by atoms with Crippen molar-refractivity contribution in [1.82, 2.24) is 0 Å². The number of esters is 2. The van der Waals surface area contributed by atoms with Gasteiger partial charge in [-0.25, -0.2) is 4.79 Å². The molecule has 2 aromatic rings. The lowest BCUT2D eigenvalue weighted by Crippen LogP contribution is -2.40. The molecule has 0 spiro atoms. The van der Waals surface area contributed by atoms with Crippen molar-refractivity contribution in [3.05, 3.63) is 76.9 Å². The molecule has 0 fully saturated rings. The van der Waals surface area contributed by atoms with Crippen molar-refractivity contribution in [3.63, 3.8) is 0 Å². The molecule has 212 valence electrons. The summed E-state index contributed by atoms with van der Waals surface area (Å²) in [5.41, 5.74) is 0.672. The molecule has 0 heterocycles. The van der Waals surface area contributed by atoms with Gasteiger partial charge in [-0.15, -0.1) is 0 Å². The number of ketones is 1. The number of benzene rings is 2. The first-order valence-corrected chi connectivity index (χ1v) is 13.5. The van der Waals surface area contributed by atoms with Crippen LogP contribution in [-0.4, -0.2) is 36.5 Å². The van der Waals surface area contributed by atoms with Gasteiger partial charge in [0.05, 0.1) is 25.2 Å². The smallest absolute Gasteiger partial charge is 0.333 e. The van der Waals surface area contributed by atoms with Crippen LogP contribution >= 0.6 is 0 Å². The Balaban J connectivity index is 2.19. The summed E-state index contributed by atoms with van der Waals surface area (Å²) in [6.45, 7) is 15.5. The molecule has 0 amide bonds. The summed E-state index contributed by atoms with van der Waals surface area (Å²) < 4.78 is 16.7. The van der Waals surface area contributed by atoms with E-state index in [-0.39, 0.29) is 30.7 Å². The van der Waals surface area contributed by atoms with E-state index < -0.39 is 16.4 Å². The van der Waals surface area contributed by atoms with E-state index in [0.29, 0.717) is 25.2 Å². The minimum atomic E-state index is -1.04. The average Bonchev–Trinajstić information content (AvgIpc) is 2.87. The molecule has 0 N–H and O–H groups in total. The third kappa shape index (κ3) is 9.77. The number of carbonyl (C=O) groups excluding carboxylic acids is 3. The summed E-state index contributed by atoms with van der Waals surface area (Å²) >= 11 is 0. The number of hydrogen-bond acceptors (Lipinski definition) is 6. The summed E-state index contributed by atoms with van der Waals surface area (Å²) in [5.74, 6) is -0.726. The molecule has 1 atom stereocenters. The summed E-state index contributed by atoms with van der Waals surface area (Å²) in [4.78, 5) is 38.7. The van der Waals surface area contributed by atoms with Gasteiger partial charge in [-0.3, -0.25) is 9.59 Å². The van der Waals surface area contributed by atoms with E-state index in [1.807, 2.05) is 96.1 Å². The number of Topliss-reactive ketones (excluding diaryl/α,β-unsaturated/α-hetero) is 1. The van der Waals surface area contributed by atoms with Gasteiger partial charge in [-0.1, -0.05) is 68.4 Å². The van der Waals surface area contributed by atoms with Crippen LogP contribution in [0.4, 0.5) is 0 Å². The Morgan fingerprint density at radius 2 is 1.49 bits per heavy atom. The van der Waals surface area contributed by atoms with Crippen LogP contribution < -0.4 is 0 Å². The Morgan fingerprint density at radius 1 is 0.872 bits per heavy atom. The molecule has 0 aliphatic heterocycles. The Bertz CT molecular complexity index is 1140. The van der Waals surface area contributed by atoms with Gasteiger partial charge in [0.2, 0.25) is 0 Å². The second-order valence-electron chi connectivity index (χ2n) is 11.8. The molecule has 2 aromatic carbocycles. The fraction of sp³-hybridized carbons (Fsp3) is 0.485. The molecule has 0 radical (unpaired) electrons. The number of hydrogen-bond donors (Lipinski definition) is 0. The van der Waals surface area contributed by atoms with Gasteiger partial charge in [-0.05, 0) is 70.7 Å². The lowest BCUT2D eigenvalue weighted by molar-refractivity contribution is -0.162. The first-order valence-electron chi connectivity index (χ1n) is 13.5. The van der Waals surface area contributed by atoms with E-state index >= 15 is 0 Å². The molecule has 0 bridgehead atoms. The van der Waals surface area contributed by atoms with Crippen molar-refractivity contribution in [2.75, 3.05) is 13.2 Å². The fourth-order valence-corrected chi connectivity index (χ4v) is 4.04. The minimum Gasteiger partial charge on any atom is -0.463 e. The van der Waals surface area contributed by atoms with Crippen LogP contribution in [0, 0.1) is 5.41 Å². The van der Waals surface area contributed by atoms with Crippen LogP contribution in [-0.2, 0) is 40.6 Å². The van der Waals surface area contributed by atoms with E-state index in [9.17, 15) is 14.4 Å². The van der Waals surface area contributed by atoms with Crippen molar-refractivity contribution in [1.29, 1.82) is 0 Å². The second kappa shape index (κ2) is 13.7. The van der Waals surface area contributed by atoms with Gasteiger partial charge in [0.25, 0.3) is 0 Å². The quantitative estimate of drug-likeness (QED) is 0.206. The van der Waals surface area contributed by atoms with Crippen LogP contribution in [0.2, 0.25) is 0 Å². The van der Waals surface area contributed by atoms with E-state index in [4.69, 9.17) is 14.2 Å². The molecule has 0 aromatic heterocycles. The van der Waals surface area contributed by atoms with Gasteiger partial charge in [-0.2, -0.15) is 0 Å². The van der Waals surface area contributed by atoms with Crippen LogP contribution in [0.5, 0.6) is 0 Å². The third-order valence-electron chi connectivity index (χ3n) is 6.56. The number of carbonyl (C=O) groups is 3. The van der Waals surface area contributed by atoms with Gasteiger partial charge in [0.1, 0.15) is 11.4 Å². The Morgan fingerprint density at radius 3 is 2.05 bits per heavy atom. The van der Waals surface area contributed by atoms with Crippen LogP contribution in [0.25, 0.3) is 6.08 Å². The minimum absolute atomic E-state index is 0.0231. The molecule has 6 heteroatoms. The summed E-state index contributed by atoms with van der Waals surface area (Å²) in [6, 6.07) is 17.2. The summed E-state index contributed by atoms with van der Waals surface area (Å²) in [6.07, 6.45) is 2.23. The highest BCUT2D eigenvalue weighted by Gasteiger charge is 2.40. The zero-order valence-electron chi connectivity index (χ0n) is 24.8. The zero-order chi connectivity index (χ0) is 29.3. The molecular formula is C33H44O6. The molecule has 2 rings (SSSR count). The van der Waals surface area contributed by atoms with Gasteiger partial charge in [0.15, 0.2) is 0 Å². The fourth-order valence-electron chi connectivity index (χ4n) is 4.04. The third-order valence-corrected chi connectivity index (χ3v) is 6.56. The highest BCUT2D eigenvalue weighted by Crippen LogP contribution is 2.34. The van der Waals surface area contributed by atoms with Crippen LogP contribution in [0.3, 0.4) is 0 Å².